The second-order valence-electron chi connectivity index (χ2n) is 13.9. The molecule has 4 aromatic rings. The predicted octanol–water partition coefficient (Wildman–Crippen LogP) is 2.26. The molecule has 60 heavy (non-hydrogen) atoms. The molecule has 4 heterocycles. The first-order chi connectivity index (χ1) is 28.8. The lowest BCUT2D eigenvalue weighted by molar-refractivity contribution is -0.136. The van der Waals surface area contributed by atoms with Crippen molar-refractivity contribution in [3.63, 3.8) is 0 Å². The molecule has 0 bridgehead atoms. The van der Waals surface area contributed by atoms with Gasteiger partial charge in [0.1, 0.15) is 23.4 Å². The molecule has 19 nitrogen and oxygen atoms in total. The van der Waals surface area contributed by atoms with Crippen LogP contribution < -0.4 is 31.0 Å². The van der Waals surface area contributed by atoms with Crippen LogP contribution in [0.4, 0.5) is 11.5 Å². The number of benzene rings is 2. The van der Waals surface area contributed by atoms with E-state index >= 15 is 0 Å². The molecule has 4 N–H and O–H groups in total. The van der Waals surface area contributed by atoms with Gasteiger partial charge in [-0.3, -0.25) is 43.8 Å². The van der Waals surface area contributed by atoms with Crippen molar-refractivity contribution in [2.75, 3.05) is 71.9 Å². The molecule has 1 saturated heterocycles. The Morgan fingerprint density at radius 3 is 2.25 bits per heavy atom. The third kappa shape index (κ3) is 10.3. The van der Waals surface area contributed by atoms with Crippen LogP contribution in [0.15, 0.2) is 53.6 Å². The van der Waals surface area contributed by atoms with Gasteiger partial charge in [0.2, 0.25) is 17.7 Å². The van der Waals surface area contributed by atoms with E-state index in [0.717, 1.165) is 21.6 Å². The number of methoxy groups -OCH3 is 2. The van der Waals surface area contributed by atoms with Crippen LogP contribution in [-0.4, -0.2) is 128 Å². The van der Waals surface area contributed by atoms with Crippen LogP contribution in [0.5, 0.6) is 11.5 Å². The summed E-state index contributed by atoms with van der Waals surface area (Å²) in [5, 5.41) is 16.0. The van der Waals surface area contributed by atoms with Gasteiger partial charge in [-0.1, -0.05) is 0 Å². The van der Waals surface area contributed by atoms with Crippen LogP contribution in [0, 0.1) is 0 Å². The Kier molecular flexibility index (Phi) is 15.0. The number of imide groups is 2. The molecule has 6 rings (SSSR count). The first-order valence-corrected chi connectivity index (χ1v) is 18.8. The van der Waals surface area contributed by atoms with Crippen molar-refractivity contribution in [1.29, 1.82) is 0 Å². The number of pyridine rings is 2. The summed E-state index contributed by atoms with van der Waals surface area (Å²) in [5.74, 6) is -0.984. The molecular weight excluding hydrogens is 782 g/mol. The Hall–Kier alpha value is -6.70. The number of carbonyl (C=O) groups is 6. The Balaban J connectivity index is 0.00000221. The van der Waals surface area contributed by atoms with Crippen molar-refractivity contribution >= 4 is 58.3 Å². The summed E-state index contributed by atoms with van der Waals surface area (Å²) in [6.45, 7) is 1.73. The Morgan fingerprint density at radius 1 is 0.933 bits per heavy atom. The highest BCUT2D eigenvalue weighted by molar-refractivity contribution is 6.23. The Morgan fingerprint density at radius 2 is 1.60 bits per heavy atom. The predicted molar refractivity (Wildman–Crippen MR) is 218 cm³/mol. The maximum atomic E-state index is 13.1. The number of nitrogens with one attached hydrogen (secondary N) is 3. The minimum atomic E-state index is -1.02. The lowest BCUT2D eigenvalue weighted by atomic mass is 9.98. The Labute approximate surface area is 344 Å². The molecule has 1 unspecified atom stereocenters. The quantitative estimate of drug-likeness (QED) is 0.0679. The van der Waals surface area contributed by atoms with Crippen LogP contribution in [-0.2, 0) is 42.2 Å². The molecule has 0 radical (unpaired) electrons. The van der Waals surface area contributed by atoms with Crippen molar-refractivity contribution in [1.82, 2.24) is 24.7 Å². The number of amides is 5. The van der Waals surface area contributed by atoms with Gasteiger partial charge < -0.3 is 44.2 Å². The van der Waals surface area contributed by atoms with Crippen LogP contribution in [0.1, 0.15) is 45.5 Å². The molecule has 2 aromatic carbocycles. The topological polar surface area (TPSA) is 237 Å². The van der Waals surface area contributed by atoms with E-state index < -0.39 is 29.7 Å². The maximum absolute atomic E-state index is 13.1. The summed E-state index contributed by atoms with van der Waals surface area (Å²) in [6, 6.07) is 9.21. The van der Waals surface area contributed by atoms with E-state index in [2.05, 4.69) is 20.9 Å². The largest absolute Gasteiger partial charge is 0.496 e. The molecule has 2 aliphatic rings. The maximum Gasteiger partial charge on any atom is 0.290 e. The van der Waals surface area contributed by atoms with Crippen LogP contribution in [0.25, 0.3) is 21.9 Å². The number of aryl methyl sites for hydroxylation is 1. The van der Waals surface area contributed by atoms with Crippen molar-refractivity contribution in [3.8, 4) is 22.6 Å². The van der Waals surface area contributed by atoms with Crippen molar-refractivity contribution in [3.05, 3.63) is 75.8 Å². The van der Waals surface area contributed by atoms with Gasteiger partial charge in [-0.2, -0.15) is 0 Å². The van der Waals surface area contributed by atoms with Crippen LogP contribution in [0.3, 0.4) is 0 Å². The van der Waals surface area contributed by atoms with Crippen molar-refractivity contribution < 1.29 is 52.8 Å². The lowest BCUT2D eigenvalue weighted by Gasteiger charge is -2.27. The zero-order chi connectivity index (χ0) is 43.5. The van der Waals surface area contributed by atoms with Gasteiger partial charge in [-0.25, -0.2) is 4.98 Å². The standard InChI is InChI=1S/C40H45N7O10.CH2O2/c1-45(2)21-30-32(54-4)16-23(17-33(30)55-5)29-22-46(3)38(51)28-20-42-34(19-26(28)29)43-36(49)10-12-56-14-15-57-13-11-41-24-6-7-25-27(18-24)40(53)47(39(25)52)31-8-9-35(48)44-37(31)50;2-1-3/h6-7,16-20,22,31,41H,8-15,21H2,1-5H3,(H,42,43,49)(H,44,48,50);1H,(H,2,3). The monoisotopic (exact) mass is 829 g/mol. The fourth-order valence-corrected chi connectivity index (χ4v) is 6.81. The van der Waals surface area contributed by atoms with Gasteiger partial charge in [0.15, 0.2) is 0 Å². The van der Waals surface area contributed by atoms with Gasteiger partial charge in [-0.15, -0.1) is 0 Å². The molecule has 1 fully saturated rings. The summed E-state index contributed by atoms with van der Waals surface area (Å²) in [6.07, 6.45) is 3.39. The molecule has 5 amide bonds. The summed E-state index contributed by atoms with van der Waals surface area (Å²) >= 11 is 0. The second-order valence-corrected chi connectivity index (χ2v) is 13.9. The minimum Gasteiger partial charge on any atom is -0.496 e. The number of aromatic nitrogens is 2. The smallest absolute Gasteiger partial charge is 0.290 e. The number of fused-ring (bicyclic) bond motifs is 2. The zero-order valence-corrected chi connectivity index (χ0v) is 33.9. The van der Waals surface area contributed by atoms with E-state index in [0.29, 0.717) is 47.7 Å². The molecule has 2 aliphatic heterocycles. The molecule has 1 atom stereocenters. The fraction of sp³-hybridized carbons (Fsp3) is 0.366. The normalized spacial score (nSPS) is 14.7. The Bertz CT molecular complexity index is 2320. The van der Waals surface area contributed by atoms with E-state index in [1.807, 2.05) is 31.1 Å². The third-order valence-corrected chi connectivity index (χ3v) is 9.59. The van der Waals surface area contributed by atoms with Gasteiger partial charge in [0.25, 0.3) is 23.8 Å². The van der Waals surface area contributed by atoms with Gasteiger partial charge >= 0.3 is 0 Å². The second kappa shape index (κ2) is 20.3. The first kappa shape index (κ1) is 44.4. The number of anilines is 2. The summed E-state index contributed by atoms with van der Waals surface area (Å²) in [7, 11) is 8.78. The van der Waals surface area contributed by atoms with E-state index in [9.17, 15) is 28.8 Å². The van der Waals surface area contributed by atoms with E-state index in [-0.39, 0.29) is 74.0 Å². The number of nitrogens with zero attached hydrogens (tertiary/aromatic N) is 4. The number of ether oxygens (including phenoxy) is 4. The molecule has 0 spiro atoms. The highest BCUT2D eigenvalue weighted by Gasteiger charge is 2.44. The molecular formula is C41H47N7O12. The summed E-state index contributed by atoms with van der Waals surface area (Å²) < 4.78 is 24.2. The van der Waals surface area contributed by atoms with Gasteiger partial charge in [0, 0.05) is 55.6 Å². The molecule has 2 aromatic heterocycles. The van der Waals surface area contributed by atoms with Crippen LogP contribution in [0.2, 0.25) is 0 Å². The summed E-state index contributed by atoms with van der Waals surface area (Å²) in [5.41, 5.74) is 3.13. The average Bonchev–Trinajstić information content (AvgIpc) is 3.46. The average molecular weight is 830 g/mol. The number of piperidine rings is 1. The number of carbonyl (C=O) groups excluding carboxylic acids is 5. The lowest BCUT2D eigenvalue weighted by Crippen LogP contribution is -2.54. The molecule has 318 valence electrons. The summed E-state index contributed by atoms with van der Waals surface area (Å²) in [4.78, 5) is 91.2. The fourth-order valence-electron chi connectivity index (χ4n) is 6.81. The van der Waals surface area contributed by atoms with Gasteiger partial charge in [-0.05, 0) is 62.5 Å². The van der Waals surface area contributed by atoms with Gasteiger partial charge in [0.05, 0.1) is 69.1 Å². The first-order valence-electron chi connectivity index (χ1n) is 18.8. The zero-order valence-electron chi connectivity index (χ0n) is 33.9. The number of hydrogen-bond acceptors (Lipinski definition) is 14. The number of carboxylic acid groups (broad SMARTS) is 1. The van der Waals surface area contributed by atoms with Crippen LogP contribution >= 0.6 is 0 Å². The third-order valence-electron chi connectivity index (χ3n) is 9.59. The van der Waals surface area contributed by atoms with Crippen molar-refractivity contribution in [2.24, 2.45) is 7.05 Å². The van der Waals surface area contributed by atoms with E-state index in [1.54, 1.807) is 45.7 Å². The van der Waals surface area contributed by atoms with E-state index in [4.69, 9.17) is 28.8 Å². The SMILES string of the molecule is COc1cc(-c2cn(C)c(=O)c3cnc(NC(=O)CCOCCOCCNc4ccc5c(c4)C(=O)N(C4CCC(=O)NC4=O)C5=O)cc23)cc(OC)c1CN(C)C.O=CO. The minimum absolute atomic E-state index is 0.0508. The van der Waals surface area contributed by atoms with E-state index in [1.165, 1.54) is 16.8 Å². The molecule has 0 aliphatic carbocycles. The highest BCUT2D eigenvalue weighted by Crippen LogP contribution is 2.38. The molecule has 0 saturated carbocycles. The molecule has 19 heteroatoms. The number of rotatable bonds is 17. The van der Waals surface area contributed by atoms with Crippen molar-refractivity contribution in [2.45, 2.75) is 31.8 Å². The number of hydrogen-bond donors (Lipinski definition) is 4. The highest BCUT2D eigenvalue weighted by atomic mass is 16.5.